The van der Waals surface area contributed by atoms with E-state index in [2.05, 4.69) is 22.5 Å². The minimum absolute atomic E-state index is 0.0104. The Morgan fingerprint density at radius 2 is 1.78 bits per heavy atom. The zero-order valence-electron chi connectivity index (χ0n) is 34.3. The summed E-state index contributed by atoms with van der Waals surface area (Å²) in [6.07, 6.45) is 3.26. The fraction of sp³-hybridized carbons (Fsp3) is 0.571. The van der Waals surface area contributed by atoms with Crippen molar-refractivity contribution in [1.82, 2.24) is 25.5 Å². The third-order valence-corrected chi connectivity index (χ3v) is 13.0. The van der Waals surface area contributed by atoms with Crippen LogP contribution in [-0.2, 0) is 23.9 Å². The van der Waals surface area contributed by atoms with Crippen LogP contribution in [0.5, 0.6) is 11.5 Å². The van der Waals surface area contributed by atoms with E-state index in [0.29, 0.717) is 52.0 Å². The number of nitrogens with one attached hydrogen (secondary N) is 3. The van der Waals surface area contributed by atoms with Crippen LogP contribution in [0.3, 0.4) is 0 Å². The first-order chi connectivity index (χ1) is 27.5. The van der Waals surface area contributed by atoms with Crippen molar-refractivity contribution in [2.45, 2.75) is 110 Å². The smallest absolute Gasteiger partial charge is 0.408 e. The third kappa shape index (κ3) is 8.16. The molecule has 1 saturated heterocycles. The van der Waals surface area contributed by atoms with Crippen molar-refractivity contribution >= 4 is 62.8 Å². The minimum Gasteiger partial charge on any atom is -0.495 e. The Bertz CT molecular complexity index is 2130. The maximum atomic E-state index is 14.8. The number of carbonyl (C=O) groups is 4. The largest absolute Gasteiger partial charge is 0.495 e. The van der Waals surface area contributed by atoms with E-state index in [9.17, 15) is 19.2 Å². The van der Waals surface area contributed by atoms with E-state index in [1.807, 2.05) is 41.5 Å². The number of hydrogen-bond donors (Lipinski definition) is 3. The highest BCUT2D eigenvalue weighted by Gasteiger charge is 2.62. The monoisotopic (exact) mass is 836 g/mol. The van der Waals surface area contributed by atoms with Gasteiger partial charge in [-0.05, 0) is 75.8 Å². The van der Waals surface area contributed by atoms with Gasteiger partial charge in [0.05, 0.1) is 32.0 Å². The first-order valence-corrected chi connectivity index (χ1v) is 21.0. The van der Waals surface area contributed by atoms with E-state index < -0.39 is 53.0 Å². The average molecular weight is 837 g/mol. The van der Waals surface area contributed by atoms with Gasteiger partial charge < -0.3 is 39.8 Å². The van der Waals surface area contributed by atoms with E-state index in [0.717, 1.165) is 22.9 Å². The molecule has 0 spiro atoms. The molecule has 4 aliphatic rings. The number of aryl methyl sites for hydroxylation is 1. The number of alkyl carbamates (subject to hydrolysis) is 1. The van der Waals surface area contributed by atoms with Crippen LogP contribution in [-0.4, -0.2) is 95.4 Å². The first kappa shape index (κ1) is 41.5. The number of halogens is 1. The summed E-state index contributed by atoms with van der Waals surface area (Å²) < 4.78 is 23.2. The molecule has 7 rings (SSSR count). The summed E-state index contributed by atoms with van der Waals surface area (Å²) in [5.41, 5.74) is -0.475. The van der Waals surface area contributed by atoms with Gasteiger partial charge in [0.1, 0.15) is 52.0 Å². The highest BCUT2D eigenvalue weighted by Crippen LogP contribution is 2.52. The summed E-state index contributed by atoms with van der Waals surface area (Å²) in [5.74, 6) is 0.0932. The minimum atomic E-state index is -1.30. The summed E-state index contributed by atoms with van der Waals surface area (Å²) in [6.45, 7) is 15.4. The van der Waals surface area contributed by atoms with Crippen molar-refractivity contribution < 1.29 is 38.1 Å². The number of nitrogens with zero attached hydrogens (tertiary/aromatic N) is 3. The summed E-state index contributed by atoms with van der Waals surface area (Å²) in [6, 6.07) is 3.36. The lowest BCUT2D eigenvalue weighted by molar-refractivity contribution is -0.148. The molecule has 3 saturated carbocycles. The molecule has 8 atom stereocenters. The van der Waals surface area contributed by atoms with E-state index in [1.165, 1.54) is 36.9 Å². The molecule has 3 aliphatic carbocycles. The molecule has 3 heterocycles. The van der Waals surface area contributed by atoms with Crippen LogP contribution in [0.1, 0.15) is 71.6 Å². The molecule has 16 heteroatoms. The predicted octanol–water partition coefficient (Wildman–Crippen LogP) is 6.67. The van der Waals surface area contributed by atoms with Crippen LogP contribution >= 0.6 is 22.9 Å². The molecule has 312 valence electrons. The second-order valence-electron chi connectivity index (χ2n) is 17.4. The number of hydrogen-bond acceptors (Lipinski definition) is 12. The number of methoxy groups -OCH3 is 2. The van der Waals surface area contributed by atoms with Gasteiger partial charge in [-0.25, -0.2) is 19.6 Å². The number of aromatic nitrogens is 2. The number of benzene rings is 1. The fourth-order valence-corrected chi connectivity index (χ4v) is 9.70. The van der Waals surface area contributed by atoms with Gasteiger partial charge in [0, 0.05) is 34.7 Å². The number of esters is 1. The van der Waals surface area contributed by atoms with E-state index >= 15 is 0 Å². The molecule has 58 heavy (non-hydrogen) atoms. The Balaban J connectivity index is 1.22. The van der Waals surface area contributed by atoms with Crippen LogP contribution in [0.15, 0.2) is 30.9 Å². The summed E-state index contributed by atoms with van der Waals surface area (Å²) in [5, 5.41) is 10.7. The van der Waals surface area contributed by atoms with Crippen molar-refractivity contribution in [3.63, 3.8) is 0 Å². The van der Waals surface area contributed by atoms with Crippen LogP contribution in [0.2, 0.25) is 5.02 Å². The average Bonchev–Trinajstić information content (AvgIpc) is 3.88. The Morgan fingerprint density at radius 3 is 2.40 bits per heavy atom. The van der Waals surface area contributed by atoms with Gasteiger partial charge in [-0.3, -0.25) is 9.59 Å². The molecule has 4 fully saturated rings. The molecular weight excluding hydrogens is 784 g/mol. The zero-order valence-corrected chi connectivity index (χ0v) is 35.8. The summed E-state index contributed by atoms with van der Waals surface area (Å²) >= 11 is 8.38. The Labute approximate surface area is 347 Å². The quantitative estimate of drug-likeness (QED) is 0.124. The van der Waals surface area contributed by atoms with Gasteiger partial charge in [-0.2, -0.15) is 0 Å². The van der Waals surface area contributed by atoms with Gasteiger partial charge in [-0.1, -0.05) is 38.4 Å². The van der Waals surface area contributed by atoms with E-state index in [-0.39, 0.29) is 36.1 Å². The number of rotatable bonds is 13. The predicted molar refractivity (Wildman–Crippen MR) is 221 cm³/mol. The van der Waals surface area contributed by atoms with Crippen LogP contribution < -0.4 is 25.4 Å². The van der Waals surface area contributed by atoms with Crippen LogP contribution in [0, 0.1) is 30.1 Å². The maximum absolute atomic E-state index is 14.8. The number of amides is 3. The maximum Gasteiger partial charge on any atom is 0.408 e. The lowest BCUT2D eigenvalue weighted by Gasteiger charge is -2.35. The molecule has 3 amide bonds. The lowest BCUT2D eigenvalue weighted by atomic mass is 9.85. The van der Waals surface area contributed by atoms with Crippen molar-refractivity contribution in [2.75, 3.05) is 26.1 Å². The van der Waals surface area contributed by atoms with Crippen LogP contribution in [0.4, 0.5) is 9.93 Å². The summed E-state index contributed by atoms with van der Waals surface area (Å²) in [4.78, 5) is 67.6. The van der Waals surface area contributed by atoms with Crippen molar-refractivity contribution in [1.29, 1.82) is 0 Å². The third-order valence-electron chi connectivity index (χ3n) is 11.7. The molecule has 3 N–H and O–H groups in total. The molecule has 3 aromatic rings. The normalized spacial score (nSPS) is 26.4. The van der Waals surface area contributed by atoms with Crippen molar-refractivity contribution in [2.24, 2.45) is 23.2 Å². The van der Waals surface area contributed by atoms with E-state index in [1.54, 1.807) is 24.3 Å². The molecular formula is C42H53ClN6O8S. The van der Waals surface area contributed by atoms with Gasteiger partial charge in [0.25, 0.3) is 0 Å². The van der Waals surface area contributed by atoms with E-state index in [4.69, 9.17) is 40.5 Å². The topological polar surface area (TPSA) is 170 Å². The Kier molecular flexibility index (Phi) is 11.3. The number of anilines is 1. The highest BCUT2D eigenvalue weighted by atomic mass is 35.5. The number of pyridine rings is 1. The lowest BCUT2D eigenvalue weighted by Crippen LogP contribution is -2.59. The van der Waals surface area contributed by atoms with Crippen molar-refractivity contribution in [3.8, 4) is 22.9 Å². The Hall–Kier alpha value is -4.63. The van der Waals surface area contributed by atoms with Gasteiger partial charge in [0.15, 0.2) is 5.13 Å². The first-order valence-electron chi connectivity index (χ1n) is 19.8. The molecule has 1 aromatic carbocycles. The fourth-order valence-electron chi connectivity index (χ4n) is 8.44. The van der Waals surface area contributed by atoms with Crippen LogP contribution in [0.25, 0.3) is 22.3 Å². The molecule has 0 radical (unpaired) electrons. The SMILES string of the molecule is C=C[C@@H]1C[C@]1(NC(=O)C1C[C@@H](Oc2cc(-c3nc(NC(C)C)sc3C)nc3c(Cl)c(OC)ccc23)CN1C(=O)[C@@H](NC(=O)O[C@@H]1C[C@@H]2C[C@@H]2C1)C(C)(C)C)C(=O)OC. The Morgan fingerprint density at radius 1 is 1.05 bits per heavy atom. The zero-order chi connectivity index (χ0) is 41.8. The number of likely N-dealkylation sites (tertiary alicyclic amines) is 1. The highest BCUT2D eigenvalue weighted by molar-refractivity contribution is 7.16. The molecule has 14 nitrogen and oxygen atoms in total. The summed E-state index contributed by atoms with van der Waals surface area (Å²) in [7, 11) is 2.79. The molecule has 1 unspecified atom stereocenters. The number of thiazole rings is 1. The van der Waals surface area contributed by atoms with Gasteiger partial charge >= 0.3 is 12.1 Å². The van der Waals surface area contributed by atoms with Gasteiger partial charge in [0.2, 0.25) is 11.8 Å². The van der Waals surface area contributed by atoms with Gasteiger partial charge in [-0.15, -0.1) is 17.9 Å². The number of carbonyl (C=O) groups excluding carboxylic acids is 4. The number of fused-ring (bicyclic) bond motifs is 2. The molecule has 0 bridgehead atoms. The number of ether oxygens (including phenoxy) is 4. The van der Waals surface area contributed by atoms with Crippen molar-refractivity contribution in [3.05, 3.63) is 40.8 Å². The molecule has 1 aliphatic heterocycles. The standard InChI is InChI=1S/C42H53ClN6O8S/c1-10-24-18-42(24,38(52)55-9)48-36(50)29-16-26(19-49(29)37(51)35(41(5,6)7)47-40(53)57-25-14-22-13-23(22)15-25)56-31-17-28(33-21(4)58-39(46-33)44-20(2)3)45-34-27(31)11-12-30(54-8)32(34)43/h10-12,17,20,22-26,29,35H,1,13-16,18-19H2,2-9H3,(H,44,46)(H,47,53)(H,48,50)/t22-,23+,24-,25+,26-,29?,35-,42-/m1/s1. The second kappa shape index (κ2) is 15.9. The second-order valence-corrected chi connectivity index (χ2v) is 19.0. The molecule has 2 aromatic heterocycles.